The Bertz CT molecular complexity index is 882. The quantitative estimate of drug-likeness (QED) is 0.795. The predicted octanol–water partition coefficient (Wildman–Crippen LogP) is 4.27. The van der Waals surface area contributed by atoms with Crippen LogP contribution in [0.15, 0.2) is 42.5 Å². The van der Waals surface area contributed by atoms with Crippen molar-refractivity contribution in [1.29, 1.82) is 5.26 Å². The van der Waals surface area contributed by atoms with Crippen molar-refractivity contribution in [3.63, 3.8) is 0 Å². The fourth-order valence-electron chi connectivity index (χ4n) is 2.85. The van der Waals surface area contributed by atoms with E-state index in [1.807, 2.05) is 51.1 Å². The third kappa shape index (κ3) is 4.95. The van der Waals surface area contributed by atoms with Crippen molar-refractivity contribution >= 4 is 6.09 Å². The summed E-state index contributed by atoms with van der Waals surface area (Å²) in [5, 5.41) is 9.34. The van der Waals surface area contributed by atoms with E-state index in [1.54, 1.807) is 17.0 Å². The average Bonchev–Trinajstić information content (AvgIpc) is 2.88. The Balaban J connectivity index is 1.87. The highest BCUT2D eigenvalue weighted by Crippen LogP contribution is 2.34. The number of amides is 1. The molecule has 2 aromatic carbocycles. The number of carbonyl (C=O) groups excluding carboxylic acids is 1. The zero-order chi connectivity index (χ0) is 20.1. The van der Waals surface area contributed by atoms with Gasteiger partial charge in [-0.1, -0.05) is 30.3 Å². The maximum absolute atomic E-state index is 12.5. The first-order valence-electron chi connectivity index (χ1n) is 9.20. The molecule has 0 atom stereocenters. The number of benzene rings is 2. The number of ether oxygens (including phenoxy) is 3. The fourth-order valence-corrected chi connectivity index (χ4v) is 2.85. The minimum Gasteiger partial charge on any atom is -0.491 e. The van der Waals surface area contributed by atoms with Crippen LogP contribution >= 0.6 is 0 Å². The molecule has 0 N–H and O–H groups in total. The summed E-state index contributed by atoms with van der Waals surface area (Å²) in [6.45, 7) is 6.86. The summed E-state index contributed by atoms with van der Waals surface area (Å²) in [4.78, 5) is 14.1. The Morgan fingerprint density at radius 3 is 2.68 bits per heavy atom. The van der Waals surface area contributed by atoms with Crippen LogP contribution < -0.4 is 9.47 Å². The molecule has 0 unspecified atom stereocenters. The minimum absolute atomic E-state index is 0.292. The number of hydrogen-bond donors (Lipinski definition) is 0. The van der Waals surface area contributed by atoms with Crippen molar-refractivity contribution in [3.8, 4) is 17.6 Å². The Labute approximate surface area is 165 Å². The highest BCUT2D eigenvalue weighted by atomic mass is 16.6. The topological polar surface area (TPSA) is 71.8 Å². The van der Waals surface area contributed by atoms with Crippen LogP contribution in [0.25, 0.3) is 0 Å². The number of nitriles is 1. The molecule has 1 amide bonds. The van der Waals surface area contributed by atoms with Gasteiger partial charge in [0, 0.05) is 0 Å². The molecule has 0 radical (unpaired) electrons. The largest absolute Gasteiger partial charge is 0.491 e. The standard InChI is InChI=1S/C22H24N2O4/c1-22(2,3)28-21(25)24-9-10-26-19-11-17(13-23)12-20(18(19)14-24)27-15-16-7-5-4-6-8-16/h4-8,11-12H,9-10,14-15H2,1-3H3. The SMILES string of the molecule is CC(C)(C)OC(=O)N1CCOc2cc(C#N)cc(OCc3ccccc3)c2C1. The van der Waals surface area contributed by atoms with E-state index in [2.05, 4.69) is 6.07 Å². The molecule has 6 heteroatoms. The molecule has 2 aromatic rings. The van der Waals surface area contributed by atoms with E-state index < -0.39 is 11.7 Å². The highest BCUT2D eigenvalue weighted by molar-refractivity contribution is 5.69. The predicted molar refractivity (Wildman–Crippen MR) is 104 cm³/mol. The summed E-state index contributed by atoms with van der Waals surface area (Å²) in [5.41, 5.74) is 1.62. The second-order valence-electron chi connectivity index (χ2n) is 7.59. The molecule has 0 saturated heterocycles. The zero-order valence-electron chi connectivity index (χ0n) is 16.4. The number of hydrogen-bond acceptors (Lipinski definition) is 5. The number of rotatable bonds is 3. The third-order valence-electron chi connectivity index (χ3n) is 4.15. The second-order valence-corrected chi connectivity index (χ2v) is 7.59. The van der Waals surface area contributed by atoms with Gasteiger partial charge in [-0.3, -0.25) is 0 Å². The monoisotopic (exact) mass is 380 g/mol. The van der Waals surface area contributed by atoms with Gasteiger partial charge in [-0.05, 0) is 38.5 Å². The summed E-state index contributed by atoms with van der Waals surface area (Å²) >= 11 is 0. The van der Waals surface area contributed by atoms with Gasteiger partial charge in [0.1, 0.15) is 30.3 Å². The molecule has 146 valence electrons. The highest BCUT2D eigenvalue weighted by Gasteiger charge is 2.27. The van der Waals surface area contributed by atoms with Gasteiger partial charge in [-0.15, -0.1) is 0 Å². The molecule has 28 heavy (non-hydrogen) atoms. The van der Waals surface area contributed by atoms with E-state index in [1.165, 1.54) is 0 Å². The lowest BCUT2D eigenvalue weighted by molar-refractivity contribution is 0.0224. The van der Waals surface area contributed by atoms with Crippen LogP contribution in [-0.2, 0) is 17.9 Å². The molecule has 0 spiro atoms. The number of carbonyl (C=O) groups is 1. The number of fused-ring (bicyclic) bond motifs is 1. The maximum atomic E-state index is 12.5. The molecular formula is C22H24N2O4. The first kappa shape index (κ1) is 19.6. The van der Waals surface area contributed by atoms with Gasteiger partial charge in [0.15, 0.2) is 0 Å². The van der Waals surface area contributed by atoms with Gasteiger partial charge in [0.05, 0.1) is 30.3 Å². The lowest BCUT2D eigenvalue weighted by atomic mass is 10.1. The molecule has 1 aliphatic rings. The Kier molecular flexibility index (Phi) is 5.74. The van der Waals surface area contributed by atoms with Crippen LogP contribution in [-0.4, -0.2) is 29.7 Å². The van der Waals surface area contributed by atoms with Crippen molar-refractivity contribution in [2.45, 2.75) is 39.5 Å². The zero-order valence-corrected chi connectivity index (χ0v) is 16.4. The lowest BCUT2D eigenvalue weighted by Crippen LogP contribution is -2.37. The number of nitrogens with zero attached hydrogens (tertiary/aromatic N) is 2. The van der Waals surface area contributed by atoms with Crippen LogP contribution in [0.4, 0.5) is 4.79 Å². The summed E-state index contributed by atoms with van der Waals surface area (Å²) in [6, 6.07) is 15.3. The first-order chi connectivity index (χ1) is 13.4. The normalized spacial score (nSPS) is 13.6. The molecule has 0 aromatic heterocycles. The fraction of sp³-hybridized carbons (Fsp3) is 0.364. The molecule has 0 saturated carbocycles. The van der Waals surface area contributed by atoms with Gasteiger partial charge in [-0.2, -0.15) is 5.26 Å². The van der Waals surface area contributed by atoms with E-state index >= 15 is 0 Å². The molecule has 1 heterocycles. The van der Waals surface area contributed by atoms with Gasteiger partial charge >= 0.3 is 6.09 Å². The molecular weight excluding hydrogens is 356 g/mol. The van der Waals surface area contributed by atoms with Crippen LogP contribution in [0.2, 0.25) is 0 Å². The molecule has 6 nitrogen and oxygen atoms in total. The summed E-state index contributed by atoms with van der Waals surface area (Å²) in [7, 11) is 0. The molecule has 1 aliphatic heterocycles. The van der Waals surface area contributed by atoms with Gasteiger partial charge < -0.3 is 19.1 Å². The summed E-state index contributed by atoms with van der Waals surface area (Å²) in [6.07, 6.45) is -0.401. The van der Waals surface area contributed by atoms with Gasteiger partial charge in [0.2, 0.25) is 0 Å². The summed E-state index contributed by atoms with van der Waals surface area (Å²) in [5.74, 6) is 1.10. The van der Waals surface area contributed by atoms with Crippen molar-refractivity contribution in [2.75, 3.05) is 13.2 Å². The van der Waals surface area contributed by atoms with Gasteiger partial charge in [0.25, 0.3) is 0 Å². The van der Waals surface area contributed by atoms with Gasteiger partial charge in [-0.25, -0.2) is 4.79 Å². The Hall–Kier alpha value is -3.20. The van der Waals surface area contributed by atoms with Crippen molar-refractivity contribution < 1.29 is 19.0 Å². The second kappa shape index (κ2) is 8.22. The average molecular weight is 380 g/mol. The van der Waals surface area contributed by atoms with E-state index in [0.29, 0.717) is 43.4 Å². The minimum atomic E-state index is -0.579. The van der Waals surface area contributed by atoms with E-state index in [0.717, 1.165) is 11.1 Å². The molecule has 3 rings (SSSR count). The smallest absolute Gasteiger partial charge is 0.410 e. The van der Waals surface area contributed by atoms with Crippen LogP contribution in [0.5, 0.6) is 11.5 Å². The maximum Gasteiger partial charge on any atom is 0.410 e. The van der Waals surface area contributed by atoms with E-state index in [-0.39, 0.29) is 0 Å². The van der Waals surface area contributed by atoms with Crippen LogP contribution in [0, 0.1) is 11.3 Å². The third-order valence-corrected chi connectivity index (χ3v) is 4.15. The van der Waals surface area contributed by atoms with E-state index in [9.17, 15) is 10.1 Å². The Morgan fingerprint density at radius 1 is 1.25 bits per heavy atom. The first-order valence-corrected chi connectivity index (χ1v) is 9.20. The molecule has 0 fully saturated rings. The van der Waals surface area contributed by atoms with Crippen LogP contribution in [0.1, 0.15) is 37.5 Å². The van der Waals surface area contributed by atoms with Crippen LogP contribution in [0.3, 0.4) is 0 Å². The van der Waals surface area contributed by atoms with Crippen molar-refractivity contribution in [2.24, 2.45) is 0 Å². The molecule has 0 aliphatic carbocycles. The summed E-state index contributed by atoms with van der Waals surface area (Å²) < 4.78 is 17.3. The van der Waals surface area contributed by atoms with E-state index in [4.69, 9.17) is 14.2 Å². The van der Waals surface area contributed by atoms with Crippen molar-refractivity contribution in [3.05, 3.63) is 59.2 Å². The Morgan fingerprint density at radius 2 is 2.00 bits per heavy atom. The lowest BCUT2D eigenvalue weighted by Gasteiger charge is -2.26. The van der Waals surface area contributed by atoms with Crippen molar-refractivity contribution in [1.82, 2.24) is 4.90 Å². The molecule has 0 bridgehead atoms.